The Labute approximate surface area is 203 Å². The second kappa shape index (κ2) is 10.7. The molecule has 0 spiro atoms. The fourth-order valence-corrected chi connectivity index (χ4v) is 4.11. The molecule has 180 valence electrons. The summed E-state index contributed by atoms with van der Waals surface area (Å²) in [6.07, 6.45) is 7.49. The molecule has 1 atom stereocenters. The molecule has 35 heavy (non-hydrogen) atoms. The molecule has 1 aliphatic heterocycles. The van der Waals surface area contributed by atoms with E-state index in [-0.39, 0.29) is 11.3 Å². The summed E-state index contributed by atoms with van der Waals surface area (Å²) in [5, 5.41) is 11.2. The lowest BCUT2D eigenvalue weighted by atomic mass is 9.95. The van der Waals surface area contributed by atoms with Gasteiger partial charge in [0.05, 0.1) is 25.1 Å². The largest absolute Gasteiger partial charge is 0.507 e. The molecule has 1 aliphatic rings. The van der Waals surface area contributed by atoms with E-state index in [0.717, 1.165) is 0 Å². The van der Waals surface area contributed by atoms with Gasteiger partial charge in [-0.3, -0.25) is 9.59 Å². The Bertz CT molecular complexity index is 1210. The van der Waals surface area contributed by atoms with Crippen molar-refractivity contribution < 1.29 is 24.2 Å². The highest BCUT2D eigenvalue weighted by atomic mass is 16.5. The molecule has 0 radical (unpaired) electrons. The summed E-state index contributed by atoms with van der Waals surface area (Å²) in [5.41, 5.74) is 1.19. The van der Waals surface area contributed by atoms with Gasteiger partial charge < -0.3 is 24.0 Å². The molecule has 4 rings (SSSR count). The lowest BCUT2D eigenvalue weighted by molar-refractivity contribution is -0.139. The maximum atomic E-state index is 13.2. The number of ketones is 1. The van der Waals surface area contributed by atoms with Gasteiger partial charge in [-0.15, -0.1) is 0 Å². The van der Waals surface area contributed by atoms with E-state index in [1.807, 2.05) is 10.8 Å². The molecule has 1 N–H and O–H groups in total. The first-order valence-electron chi connectivity index (χ1n) is 11.3. The third kappa shape index (κ3) is 5.11. The molecule has 0 bridgehead atoms. The molecule has 3 aromatic rings. The average Bonchev–Trinajstić information content (AvgIpc) is 3.50. The number of aromatic nitrogens is 2. The predicted molar refractivity (Wildman–Crippen MR) is 131 cm³/mol. The highest BCUT2D eigenvalue weighted by molar-refractivity contribution is 6.46. The third-order valence-corrected chi connectivity index (χ3v) is 5.84. The summed E-state index contributed by atoms with van der Waals surface area (Å²) >= 11 is 0. The smallest absolute Gasteiger partial charge is 0.295 e. The van der Waals surface area contributed by atoms with E-state index in [1.54, 1.807) is 74.2 Å². The molecule has 2 heterocycles. The number of Topliss-reactive ketones (excluding diaryl/α,β-unsaturated/α-hetero) is 1. The fourth-order valence-electron chi connectivity index (χ4n) is 4.11. The van der Waals surface area contributed by atoms with E-state index in [1.165, 1.54) is 4.90 Å². The molecule has 0 aliphatic carbocycles. The number of benzene rings is 2. The van der Waals surface area contributed by atoms with Crippen molar-refractivity contribution in [2.24, 2.45) is 0 Å². The number of methoxy groups -OCH3 is 1. The maximum absolute atomic E-state index is 13.2. The van der Waals surface area contributed by atoms with Gasteiger partial charge >= 0.3 is 0 Å². The van der Waals surface area contributed by atoms with Crippen molar-refractivity contribution in [2.75, 3.05) is 20.3 Å². The van der Waals surface area contributed by atoms with Crippen molar-refractivity contribution in [3.63, 3.8) is 0 Å². The van der Waals surface area contributed by atoms with E-state index in [0.29, 0.717) is 48.7 Å². The number of rotatable bonds is 10. The molecule has 2 aromatic carbocycles. The van der Waals surface area contributed by atoms with Crippen LogP contribution >= 0.6 is 0 Å². The van der Waals surface area contributed by atoms with Crippen LogP contribution in [0, 0.1) is 0 Å². The van der Waals surface area contributed by atoms with Gasteiger partial charge in [-0.2, -0.15) is 0 Å². The van der Waals surface area contributed by atoms with Crippen molar-refractivity contribution in [1.29, 1.82) is 0 Å². The van der Waals surface area contributed by atoms with E-state index in [4.69, 9.17) is 9.47 Å². The van der Waals surface area contributed by atoms with Crippen molar-refractivity contribution in [1.82, 2.24) is 14.5 Å². The lowest BCUT2D eigenvalue weighted by Gasteiger charge is -2.25. The molecular weight excluding hydrogens is 446 g/mol. The highest BCUT2D eigenvalue weighted by Crippen LogP contribution is 2.40. The quantitative estimate of drug-likeness (QED) is 0.207. The Balaban J connectivity index is 1.69. The minimum absolute atomic E-state index is 0.0579. The van der Waals surface area contributed by atoms with Crippen LogP contribution in [0.5, 0.6) is 11.5 Å². The van der Waals surface area contributed by atoms with Crippen LogP contribution in [-0.4, -0.2) is 51.5 Å². The summed E-state index contributed by atoms with van der Waals surface area (Å²) in [7, 11) is 1.57. The van der Waals surface area contributed by atoms with Gasteiger partial charge in [0.25, 0.3) is 11.7 Å². The number of amides is 1. The Morgan fingerprint density at radius 2 is 1.80 bits per heavy atom. The molecule has 8 nitrogen and oxygen atoms in total. The SMILES string of the molecule is C=CCOc1ccc(C(O)=C2C(=O)C(=O)N(CCCn3ccnc3)[C@@H]2c2ccc(OC)cc2)cc1. The number of aliphatic hydroxyl groups excluding tert-OH is 1. The van der Waals surface area contributed by atoms with Crippen LogP contribution in [0.15, 0.2) is 85.5 Å². The Morgan fingerprint density at radius 1 is 1.09 bits per heavy atom. The molecule has 1 amide bonds. The minimum atomic E-state index is -0.722. The van der Waals surface area contributed by atoms with Crippen molar-refractivity contribution in [3.8, 4) is 11.5 Å². The molecule has 1 saturated heterocycles. The topological polar surface area (TPSA) is 93.9 Å². The molecule has 0 unspecified atom stereocenters. The summed E-state index contributed by atoms with van der Waals surface area (Å²) in [6.45, 7) is 4.96. The Hall–Kier alpha value is -4.33. The summed E-state index contributed by atoms with van der Waals surface area (Å²) in [6, 6.07) is 13.1. The zero-order valence-electron chi connectivity index (χ0n) is 19.5. The number of imidazole rings is 1. The minimum Gasteiger partial charge on any atom is -0.507 e. The van der Waals surface area contributed by atoms with Gasteiger partial charge in [0.2, 0.25) is 0 Å². The summed E-state index contributed by atoms with van der Waals surface area (Å²) in [5.74, 6) is -0.313. The second-order valence-electron chi connectivity index (χ2n) is 8.04. The Kier molecular flexibility index (Phi) is 7.30. The normalized spacial score (nSPS) is 16.9. The molecule has 1 aromatic heterocycles. The fraction of sp³-hybridized carbons (Fsp3) is 0.222. The first-order valence-corrected chi connectivity index (χ1v) is 11.3. The average molecular weight is 474 g/mol. The number of ether oxygens (including phenoxy) is 2. The van der Waals surface area contributed by atoms with Gasteiger partial charge in [0.15, 0.2) is 0 Å². The first-order chi connectivity index (χ1) is 17.0. The molecule has 0 saturated carbocycles. The van der Waals surface area contributed by atoms with E-state index in [2.05, 4.69) is 11.6 Å². The van der Waals surface area contributed by atoms with Gasteiger partial charge in [-0.25, -0.2) is 4.98 Å². The number of carbonyl (C=O) groups excluding carboxylic acids is 2. The first kappa shape index (κ1) is 23.8. The van der Waals surface area contributed by atoms with E-state index >= 15 is 0 Å². The van der Waals surface area contributed by atoms with Gasteiger partial charge in [0, 0.05) is 31.0 Å². The number of hydrogen-bond acceptors (Lipinski definition) is 6. The van der Waals surface area contributed by atoms with Crippen LogP contribution in [0.3, 0.4) is 0 Å². The van der Waals surface area contributed by atoms with Crippen molar-refractivity contribution in [2.45, 2.75) is 19.0 Å². The van der Waals surface area contributed by atoms with Crippen molar-refractivity contribution in [3.05, 3.63) is 96.6 Å². The number of aryl methyl sites for hydroxylation is 1. The second-order valence-corrected chi connectivity index (χ2v) is 8.04. The zero-order valence-corrected chi connectivity index (χ0v) is 19.5. The highest BCUT2D eigenvalue weighted by Gasteiger charge is 2.45. The van der Waals surface area contributed by atoms with Crippen molar-refractivity contribution >= 4 is 17.4 Å². The number of carbonyl (C=O) groups is 2. The van der Waals surface area contributed by atoms with E-state index < -0.39 is 17.7 Å². The summed E-state index contributed by atoms with van der Waals surface area (Å²) < 4.78 is 12.7. The number of hydrogen-bond donors (Lipinski definition) is 1. The van der Waals surface area contributed by atoms with E-state index in [9.17, 15) is 14.7 Å². The van der Waals surface area contributed by atoms with Crippen LogP contribution in [-0.2, 0) is 16.1 Å². The van der Waals surface area contributed by atoms with Crippen LogP contribution in [0.1, 0.15) is 23.6 Å². The molecule has 8 heteroatoms. The number of aliphatic hydroxyl groups is 1. The third-order valence-electron chi connectivity index (χ3n) is 5.84. The lowest BCUT2D eigenvalue weighted by Crippen LogP contribution is -2.31. The zero-order chi connectivity index (χ0) is 24.8. The maximum Gasteiger partial charge on any atom is 0.295 e. The van der Waals surface area contributed by atoms with Crippen LogP contribution < -0.4 is 9.47 Å². The number of likely N-dealkylation sites (tertiary alicyclic amines) is 1. The van der Waals surface area contributed by atoms with Crippen LogP contribution in [0.25, 0.3) is 5.76 Å². The monoisotopic (exact) mass is 473 g/mol. The molecule has 1 fully saturated rings. The molecular formula is C27H27N3O5. The van der Waals surface area contributed by atoms with Gasteiger partial charge in [0.1, 0.15) is 23.9 Å². The number of nitrogens with zero attached hydrogens (tertiary/aromatic N) is 3. The van der Waals surface area contributed by atoms with Crippen LogP contribution in [0.4, 0.5) is 0 Å². The standard InChI is InChI=1S/C27H27N3O5/c1-3-17-35-22-11-7-20(8-12-22)25(31)23-24(19-5-9-21(34-2)10-6-19)30(27(33)26(23)32)15-4-14-29-16-13-28-18-29/h3,5-13,16,18,24,31H,1,4,14-15,17H2,2H3/t24-/m1/s1. The Morgan fingerprint density at radius 3 is 2.43 bits per heavy atom. The predicted octanol–water partition coefficient (Wildman–Crippen LogP) is 3.97. The summed E-state index contributed by atoms with van der Waals surface area (Å²) in [4.78, 5) is 31.8. The van der Waals surface area contributed by atoms with Crippen LogP contribution in [0.2, 0.25) is 0 Å². The van der Waals surface area contributed by atoms with Gasteiger partial charge in [-0.1, -0.05) is 24.8 Å². The van der Waals surface area contributed by atoms with Gasteiger partial charge in [-0.05, 0) is 48.4 Å².